The number of hydrogen-bond acceptors (Lipinski definition) is 3. The number of nitrogens with zero attached hydrogens (tertiary/aromatic N) is 1. The first kappa shape index (κ1) is 20.6. The van der Waals surface area contributed by atoms with Gasteiger partial charge in [0.05, 0.1) is 17.7 Å². The minimum Gasteiger partial charge on any atom is -0.489 e. The molecular formula is C16H23BrClF2NO2. The Labute approximate surface area is 150 Å². The molecule has 1 heterocycles. The van der Waals surface area contributed by atoms with Gasteiger partial charge in [0.1, 0.15) is 12.4 Å². The van der Waals surface area contributed by atoms with Crippen LogP contribution in [0.1, 0.15) is 20.8 Å². The molecule has 0 bridgehead atoms. The molecule has 132 valence electrons. The van der Waals surface area contributed by atoms with E-state index in [-0.39, 0.29) is 34.1 Å². The zero-order valence-electron chi connectivity index (χ0n) is 13.6. The van der Waals surface area contributed by atoms with Gasteiger partial charge in [-0.2, -0.15) is 0 Å². The number of hydrogen-bond donors (Lipinski definition) is 0. The van der Waals surface area contributed by atoms with Crippen molar-refractivity contribution in [3.05, 3.63) is 28.2 Å². The molecule has 1 fully saturated rings. The minimum atomic E-state index is -0.567. The monoisotopic (exact) mass is 413 g/mol. The average Bonchev–Trinajstić information content (AvgIpc) is 2.44. The van der Waals surface area contributed by atoms with E-state index in [0.29, 0.717) is 26.4 Å². The normalized spacial score (nSPS) is 19.3. The van der Waals surface area contributed by atoms with Gasteiger partial charge in [-0.25, -0.2) is 8.78 Å². The second-order valence-electron chi connectivity index (χ2n) is 6.54. The molecule has 1 saturated heterocycles. The third kappa shape index (κ3) is 5.55. The van der Waals surface area contributed by atoms with E-state index in [2.05, 4.69) is 41.6 Å². The first-order chi connectivity index (χ1) is 10.3. The molecule has 1 aromatic carbocycles. The molecular weight excluding hydrogens is 392 g/mol. The van der Waals surface area contributed by atoms with E-state index in [4.69, 9.17) is 9.47 Å². The van der Waals surface area contributed by atoms with E-state index >= 15 is 0 Å². The van der Waals surface area contributed by atoms with Crippen molar-refractivity contribution in [1.29, 1.82) is 0 Å². The average molecular weight is 415 g/mol. The highest BCUT2D eigenvalue weighted by Crippen LogP contribution is 2.27. The molecule has 1 unspecified atom stereocenters. The van der Waals surface area contributed by atoms with Crippen LogP contribution in [0.15, 0.2) is 16.6 Å². The third-order valence-electron chi connectivity index (χ3n) is 3.85. The van der Waals surface area contributed by atoms with Crippen LogP contribution in [0, 0.1) is 17.0 Å². The number of rotatable bonds is 4. The molecule has 0 aromatic heterocycles. The van der Waals surface area contributed by atoms with Crippen LogP contribution < -0.4 is 4.74 Å². The van der Waals surface area contributed by atoms with Crippen molar-refractivity contribution in [1.82, 2.24) is 4.90 Å². The molecule has 0 amide bonds. The fourth-order valence-electron chi connectivity index (χ4n) is 2.59. The lowest BCUT2D eigenvalue weighted by molar-refractivity contribution is -0.0517. The van der Waals surface area contributed by atoms with Crippen LogP contribution >= 0.6 is 28.3 Å². The van der Waals surface area contributed by atoms with Crippen molar-refractivity contribution in [2.24, 2.45) is 5.41 Å². The van der Waals surface area contributed by atoms with Gasteiger partial charge in [0, 0.05) is 25.2 Å². The summed E-state index contributed by atoms with van der Waals surface area (Å²) < 4.78 is 38.2. The Balaban J connectivity index is 0.00000264. The summed E-state index contributed by atoms with van der Waals surface area (Å²) in [5.41, 5.74) is 0.0926. The molecule has 0 saturated carbocycles. The van der Waals surface area contributed by atoms with Gasteiger partial charge < -0.3 is 9.47 Å². The standard InChI is InChI=1S/C16H22BrF2NO2.ClH/c1-16(2,3)15-10-21-6-4-20(15)5-7-22-14-9-12(18)11(17)8-13(14)19;/h8-9,15H,4-7,10H2,1-3H3;1H. The van der Waals surface area contributed by atoms with E-state index in [9.17, 15) is 8.78 Å². The van der Waals surface area contributed by atoms with E-state index in [1.807, 2.05) is 0 Å². The fraction of sp³-hybridized carbons (Fsp3) is 0.625. The summed E-state index contributed by atoms with van der Waals surface area (Å²) in [5, 5.41) is 0. The zero-order valence-corrected chi connectivity index (χ0v) is 16.0. The van der Waals surface area contributed by atoms with Crippen molar-refractivity contribution in [3.8, 4) is 5.75 Å². The highest BCUT2D eigenvalue weighted by molar-refractivity contribution is 9.10. The van der Waals surface area contributed by atoms with Crippen molar-refractivity contribution in [2.45, 2.75) is 26.8 Å². The fourth-order valence-corrected chi connectivity index (χ4v) is 2.91. The SMILES string of the molecule is CC(C)(C)C1COCCN1CCOc1cc(F)c(Br)cc1F.Cl. The molecule has 0 aliphatic carbocycles. The van der Waals surface area contributed by atoms with Gasteiger partial charge in [-0.05, 0) is 27.4 Å². The van der Waals surface area contributed by atoms with Crippen molar-refractivity contribution in [2.75, 3.05) is 32.9 Å². The molecule has 1 aliphatic rings. The summed E-state index contributed by atoms with van der Waals surface area (Å²) in [6.45, 7) is 9.67. The van der Waals surface area contributed by atoms with Crippen molar-refractivity contribution < 1.29 is 18.3 Å². The summed E-state index contributed by atoms with van der Waals surface area (Å²) in [7, 11) is 0. The highest BCUT2D eigenvalue weighted by atomic mass is 79.9. The third-order valence-corrected chi connectivity index (χ3v) is 4.46. The molecule has 2 rings (SSSR count). The number of benzene rings is 1. The Morgan fingerprint density at radius 1 is 1.30 bits per heavy atom. The second-order valence-corrected chi connectivity index (χ2v) is 7.39. The lowest BCUT2D eigenvalue weighted by Crippen LogP contribution is -2.53. The zero-order chi connectivity index (χ0) is 16.3. The summed E-state index contributed by atoms with van der Waals surface area (Å²) in [6.07, 6.45) is 0. The Hall–Kier alpha value is -0.430. The van der Waals surface area contributed by atoms with Gasteiger partial charge >= 0.3 is 0 Å². The topological polar surface area (TPSA) is 21.7 Å². The molecule has 0 spiro atoms. The Morgan fingerprint density at radius 3 is 2.65 bits per heavy atom. The van der Waals surface area contributed by atoms with Crippen LogP contribution in [-0.4, -0.2) is 43.9 Å². The van der Waals surface area contributed by atoms with Gasteiger partial charge in [-0.15, -0.1) is 12.4 Å². The Morgan fingerprint density at radius 2 is 2.00 bits per heavy atom. The van der Waals surface area contributed by atoms with Crippen LogP contribution in [0.5, 0.6) is 5.75 Å². The lowest BCUT2D eigenvalue weighted by Gasteiger charge is -2.43. The van der Waals surface area contributed by atoms with Crippen molar-refractivity contribution >= 4 is 28.3 Å². The van der Waals surface area contributed by atoms with Gasteiger partial charge in [0.25, 0.3) is 0 Å². The molecule has 7 heteroatoms. The van der Waals surface area contributed by atoms with Crippen LogP contribution in [0.4, 0.5) is 8.78 Å². The van der Waals surface area contributed by atoms with Gasteiger partial charge in [-0.1, -0.05) is 20.8 Å². The molecule has 3 nitrogen and oxygen atoms in total. The summed E-state index contributed by atoms with van der Waals surface area (Å²) in [4.78, 5) is 2.29. The molecule has 0 radical (unpaired) electrons. The molecule has 0 N–H and O–H groups in total. The van der Waals surface area contributed by atoms with Crippen molar-refractivity contribution in [3.63, 3.8) is 0 Å². The first-order valence-corrected chi connectivity index (χ1v) is 8.17. The van der Waals surface area contributed by atoms with Crippen LogP contribution in [0.2, 0.25) is 0 Å². The first-order valence-electron chi connectivity index (χ1n) is 7.38. The highest BCUT2D eigenvalue weighted by Gasteiger charge is 2.32. The quantitative estimate of drug-likeness (QED) is 0.687. The second kappa shape index (κ2) is 8.60. The predicted molar refractivity (Wildman–Crippen MR) is 92.4 cm³/mol. The molecule has 1 atom stereocenters. The van der Waals surface area contributed by atoms with E-state index in [1.165, 1.54) is 0 Å². The summed E-state index contributed by atoms with van der Waals surface area (Å²) in [6, 6.07) is 2.44. The maximum absolute atomic E-state index is 13.7. The lowest BCUT2D eigenvalue weighted by atomic mass is 9.85. The summed E-state index contributed by atoms with van der Waals surface area (Å²) in [5.74, 6) is -1.15. The number of ether oxygens (including phenoxy) is 2. The van der Waals surface area contributed by atoms with E-state index < -0.39 is 11.6 Å². The van der Waals surface area contributed by atoms with Crippen LogP contribution in [0.25, 0.3) is 0 Å². The van der Waals surface area contributed by atoms with Crippen LogP contribution in [-0.2, 0) is 4.74 Å². The molecule has 1 aliphatic heterocycles. The maximum atomic E-state index is 13.7. The predicted octanol–water partition coefficient (Wildman–Crippen LogP) is 4.27. The van der Waals surface area contributed by atoms with E-state index in [0.717, 1.165) is 18.7 Å². The minimum absolute atomic E-state index is 0. The molecule has 23 heavy (non-hydrogen) atoms. The van der Waals surface area contributed by atoms with Crippen LogP contribution in [0.3, 0.4) is 0 Å². The smallest absolute Gasteiger partial charge is 0.166 e. The number of halogens is 4. The Bertz CT molecular complexity index is 526. The van der Waals surface area contributed by atoms with Gasteiger partial charge in [-0.3, -0.25) is 4.90 Å². The van der Waals surface area contributed by atoms with E-state index in [1.54, 1.807) is 0 Å². The molecule has 1 aromatic rings. The van der Waals surface area contributed by atoms with Gasteiger partial charge in [0.2, 0.25) is 0 Å². The maximum Gasteiger partial charge on any atom is 0.166 e. The largest absolute Gasteiger partial charge is 0.489 e. The number of morpholine rings is 1. The van der Waals surface area contributed by atoms with Gasteiger partial charge in [0.15, 0.2) is 11.6 Å². The summed E-state index contributed by atoms with van der Waals surface area (Å²) >= 11 is 2.95. The Kier molecular flexibility index (Phi) is 7.71.